The molecule has 0 aromatic heterocycles. The molecule has 0 aromatic carbocycles. The molecule has 0 radical (unpaired) electrons. The number of carbonyl (C=O) groups excluding carboxylic acids is 1. The second-order valence-corrected chi connectivity index (χ2v) is 5.99. The van der Waals surface area contributed by atoms with Gasteiger partial charge in [0, 0.05) is 19.1 Å². The molecule has 1 unspecified atom stereocenters. The summed E-state index contributed by atoms with van der Waals surface area (Å²) < 4.78 is 30.5. The van der Waals surface area contributed by atoms with E-state index in [0.29, 0.717) is 19.4 Å². The van der Waals surface area contributed by atoms with Gasteiger partial charge in [0.1, 0.15) is 0 Å². The number of aliphatic hydroxyl groups excluding tert-OH is 1. The minimum absolute atomic E-state index is 0.0505. The van der Waals surface area contributed by atoms with Crippen molar-refractivity contribution in [3.8, 4) is 0 Å². The van der Waals surface area contributed by atoms with E-state index in [4.69, 9.17) is 9.84 Å². The zero-order valence-corrected chi connectivity index (χ0v) is 11.8. The molecule has 0 rings (SSSR count). The number of carbonyl (C=O) groups is 1. The molecule has 0 saturated heterocycles. The van der Waals surface area contributed by atoms with Gasteiger partial charge in [0.2, 0.25) is 10.0 Å². The van der Waals surface area contributed by atoms with E-state index in [0.717, 1.165) is 0 Å². The van der Waals surface area contributed by atoms with E-state index < -0.39 is 10.0 Å². The quantitative estimate of drug-likeness (QED) is 0.566. The van der Waals surface area contributed by atoms with Crippen LogP contribution in [0, 0.1) is 0 Å². The first-order valence-electron chi connectivity index (χ1n) is 6.17. The Kier molecular flexibility index (Phi) is 8.95. The Bertz CT molecular complexity index is 328. The third-order valence-corrected chi connectivity index (χ3v) is 3.86. The van der Waals surface area contributed by atoms with Crippen molar-refractivity contribution < 1.29 is 23.1 Å². The Balaban J connectivity index is 3.90. The predicted molar refractivity (Wildman–Crippen MR) is 68.6 cm³/mol. The zero-order valence-electron chi connectivity index (χ0n) is 11.0. The second-order valence-electron chi connectivity index (χ2n) is 4.11. The molecule has 1 atom stereocenters. The number of nitrogens with one attached hydrogen (secondary N) is 1. The Labute approximate surface area is 109 Å². The van der Waals surface area contributed by atoms with E-state index in [2.05, 4.69) is 4.72 Å². The predicted octanol–water partition coefficient (Wildman–Crippen LogP) is 0.410. The Hall–Kier alpha value is -0.660. The number of ether oxygens (including phenoxy) is 1. The van der Waals surface area contributed by atoms with Crippen LogP contribution >= 0.6 is 0 Å². The largest absolute Gasteiger partial charge is 0.466 e. The van der Waals surface area contributed by atoms with Crippen molar-refractivity contribution in [1.29, 1.82) is 0 Å². The second kappa shape index (κ2) is 9.29. The third-order valence-electron chi connectivity index (χ3n) is 2.28. The lowest BCUT2D eigenvalue weighted by Gasteiger charge is -2.13. The van der Waals surface area contributed by atoms with Gasteiger partial charge < -0.3 is 9.84 Å². The SMILES string of the molecule is CCOC(=O)CCCS(=O)(=O)NC(C)CCCO. The first kappa shape index (κ1) is 17.3. The molecule has 0 aromatic rings. The minimum atomic E-state index is -3.36. The highest BCUT2D eigenvalue weighted by Gasteiger charge is 2.15. The number of hydrogen-bond acceptors (Lipinski definition) is 5. The molecule has 0 aliphatic rings. The summed E-state index contributed by atoms with van der Waals surface area (Å²) in [5.41, 5.74) is 0. The molecule has 0 fully saturated rings. The van der Waals surface area contributed by atoms with Gasteiger partial charge in [-0.25, -0.2) is 13.1 Å². The number of hydrogen-bond donors (Lipinski definition) is 2. The summed E-state index contributed by atoms with van der Waals surface area (Å²) >= 11 is 0. The third kappa shape index (κ3) is 9.38. The molecule has 0 spiro atoms. The van der Waals surface area contributed by atoms with Gasteiger partial charge in [0.15, 0.2) is 0 Å². The number of sulfonamides is 1. The summed E-state index contributed by atoms with van der Waals surface area (Å²) in [7, 11) is -3.36. The van der Waals surface area contributed by atoms with Gasteiger partial charge in [-0.2, -0.15) is 0 Å². The van der Waals surface area contributed by atoms with E-state index in [-0.39, 0.29) is 37.2 Å². The first-order chi connectivity index (χ1) is 8.41. The van der Waals surface area contributed by atoms with Gasteiger partial charge >= 0.3 is 5.97 Å². The Morgan fingerprint density at radius 1 is 1.39 bits per heavy atom. The summed E-state index contributed by atoms with van der Waals surface area (Å²) in [6, 6.07) is -0.204. The zero-order chi connectivity index (χ0) is 14.0. The van der Waals surface area contributed by atoms with Gasteiger partial charge in [-0.3, -0.25) is 4.79 Å². The summed E-state index contributed by atoms with van der Waals surface area (Å²) in [4.78, 5) is 11.0. The molecule has 6 nitrogen and oxygen atoms in total. The lowest BCUT2D eigenvalue weighted by atomic mass is 10.2. The van der Waals surface area contributed by atoms with Gasteiger partial charge in [-0.05, 0) is 33.1 Å². The van der Waals surface area contributed by atoms with Crippen molar-refractivity contribution in [2.75, 3.05) is 19.0 Å². The topological polar surface area (TPSA) is 92.7 Å². The summed E-state index contributed by atoms with van der Waals surface area (Å²) in [5, 5.41) is 8.64. The molecule has 0 aliphatic heterocycles. The molecule has 0 amide bonds. The van der Waals surface area contributed by atoms with Crippen molar-refractivity contribution in [2.45, 2.75) is 45.6 Å². The van der Waals surface area contributed by atoms with Crippen molar-refractivity contribution in [2.24, 2.45) is 0 Å². The van der Waals surface area contributed by atoms with Gasteiger partial charge in [0.25, 0.3) is 0 Å². The highest BCUT2D eigenvalue weighted by atomic mass is 32.2. The molecular weight excluding hydrogens is 258 g/mol. The molecular formula is C11H23NO5S. The monoisotopic (exact) mass is 281 g/mol. The average Bonchev–Trinajstić information content (AvgIpc) is 2.25. The van der Waals surface area contributed by atoms with Crippen LogP contribution in [0.25, 0.3) is 0 Å². The van der Waals surface area contributed by atoms with Crippen molar-refractivity contribution in [3.63, 3.8) is 0 Å². The number of esters is 1. The summed E-state index contributed by atoms with van der Waals surface area (Å²) in [6.45, 7) is 3.81. The van der Waals surface area contributed by atoms with Crippen LogP contribution in [0.1, 0.15) is 39.5 Å². The van der Waals surface area contributed by atoms with E-state index in [1.54, 1.807) is 13.8 Å². The standard InChI is InChI=1S/C11H23NO5S/c1-3-17-11(14)7-5-9-18(15,16)12-10(2)6-4-8-13/h10,12-13H,3-9H2,1-2H3. The molecule has 7 heteroatoms. The Morgan fingerprint density at radius 2 is 2.06 bits per heavy atom. The number of aliphatic hydroxyl groups is 1. The fourth-order valence-corrected chi connectivity index (χ4v) is 2.83. The Morgan fingerprint density at radius 3 is 2.61 bits per heavy atom. The number of rotatable bonds is 10. The van der Waals surface area contributed by atoms with Gasteiger partial charge in [0.05, 0.1) is 12.4 Å². The highest BCUT2D eigenvalue weighted by Crippen LogP contribution is 2.01. The summed E-state index contributed by atoms with van der Waals surface area (Å²) in [6.07, 6.45) is 1.51. The summed E-state index contributed by atoms with van der Waals surface area (Å²) in [5.74, 6) is -0.462. The lowest BCUT2D eigenvalue weighted by molar-refractivity contribution is -0.143. The molecule has 0 aliphatic carbocycles. The normalized spacial score (nSPS) is 13.3. The van der Waals surface area contributed by atoms with Crippen LogP contribution in [0.2, 0.25) is 0 Å². The van der Waals surface area contributed by atoms with E-state index in [9.17, 15) is 13.2 Å². The van der Waals surface area contributed by atoms with E-state index in [1.807, 2.05) is 0 Å². The van der Waals surface area contributed by atoms with Crippen molar-refractivity contribution in [1.82, 2.24) is 4.72 Å². The van der Waals surface area contributed by atoms with Crippen LogP contribution in [0.4, 0.5) is 0 Å². The fraction of sp³-hybridized carbons (Fsp3) is 0.909. The molecule has 0 heterocycles. The lowest BCUT2D eigenvalue weighted by Crippen LogP contribution is -2.34. The maximum atomic E-state index is 11.6. The van der Waals surface area contributed by atoms with Crippen LogP contribution in [0.3, 0.4) is 0 Å². The average molecular weight is 281 g/mol. The van der Waals surface area contributed by atoms with Crippen LogP contribution in [0.15, 0.2) is 0 Å². The first-order valence-corrected chi connectivity index (χ1v) is 7.83. The van der Waals surface area contributed by atoms with Gasteiger partial charge in [-0.1, -0.05) is 0 Å². The van der Waals surface area contributed by atoms with Crippen LogP contribution in [0.5, 0.6) is 0 Å². The molecule has 0 bridgehead atoms. The van der Waals surface area contributed by atoms with Gasteiger partial charge in [-0.15, -0.1) is 0 Å². The minimum Gasteiger partial charge on any atom is -0.466 e. The van der Waals surface area contributed by atoms with E-state index in [1.165, 1.54) is 0 Å². The van der Waals surface area contributed by atoms with Crippen LogP contribution in [-0.4, -0.2) is 44.5 Å². The fourth-order valence-electron chi connectivity index (χ4n) is 1.46. The van der Waals surface area contributed by atoms with Crippen LogP contribution < -0.4 is 4.72 Å². The molecule has 0 saturated carbocycles. The van der Waals surface area contributed by atoms with Crippen molar-refractivity contribution >= 4 is 16.0 Å². The molecule has 108 valence electrons. The highest BCUT2D eigenvalue weighted by molar-refractivity contribution is 7.89. The molecule has 2 N–H and O–H groups in total. The maximum absolute atomic E-state index is 11.6. The van der Waals surface area contributed by atoms with Crippen LogP contribution in [-0.2, 0) is 19.6 Å². The van der Waals surface area contributed by atoms with Crippen molar-refractivity contribution in [3.05, 3.63) is 0 Å². The van der Waals surface area contributed by atoms with E-state index >= 15 is 0 Å². The smallest absolute Gasteiger partial charge is 0.305 e. The maximum Gasteiger partial charge on any atom is 0.305 e. The molecule has 18 heavy (non-hydrogen) atoms.